The summed E-state index contributed by atoms with van der Waals surface area (Å²) in [6, 6.07) is 15.9. The molecule has 5 heteroatoms. The predicted molar refractivity (Wildman–Crippen MR) is 110 cm³/mol. The third-order valence-corrected chi connectivity index (χ3v) is 4.94. The summed E-state index contributed by atoms with van der Waals surface area (Å²) in [6.07, 6.45) is 5.79. The number of imidazole rings is 1. The van der Waals surface area contributed by atoms with Crippen molar-refractivity contribution >= 4 is 5.91 Å². The number of amides is 1. The molecule has 0 saturated heterocycles. The Balaban J connectivity index is 1.71. The first-order chi connectivity index (χ1) is 13.6. The second-order valence-electron chi connectivity index (χ2n) is 6.84. The van der Waals surface area contributed by atoms with E-state index in [0.717, 1.165) is 23.6 Å². The van der Waals surface area contributed by atoms with Gasteiger partial charge in [-0.15, -0.1) is 0 Å². The summed E-state index contributed by atoms with van der Waals surface area (Å²) in [7, 11) is 3.57. The van der Waals surface area contributed by atoms with Crippen LogP contribution < -0.4 is 10.1 Å². The van der Waals surface area contributed by atoms with Crippen LogP contribution in [0.2, 0.25) is 0 Å². The van der Waals surface area contributed by atoms with Crippen LogP contribution in [0.4, 0.5) is 0 Å². The van der Waals surface area contributed by atoms with Crippen molar-refractivity contribution in [2.45, 2.75) is 32.2 Å². The minimum Gasteiger partial charge on any atom is -0.497 e. The first-order valence-electron chi connectivity index (χ1n) is 9.59. The molecule has 1 heterocycles. The Morgan fingerprint density at radius 2 is 1.79 bits per heavy atom. The molecule has 0 aliphatic rings. The van der Waals surface area contributed by atoms with Gasteiger partial charge in [0.1, 0.15) is 17.6 Å². The number of ether oxygens (including phenoxy) is 1. The summed E-state index contributed by atoms with van der Waals surface area (Å²) in [5.41, 5.74) is 3.45. The number of aromatic nitrogens is 2. The largest absolute Gasteiger partial charge is 0.497 e. The summed E-state index contributed by atoms with van der Waals surface area (Å²) in [4.78, 5) is 17.1. The van der Waals surface area contributed by atoms with Crippen LogP contribution in [-0.2, 0) is 24.7 Å². The van der Waals surface area contributed by atoms with Crippen LogP contribution in [0.3, 0.4) is 0 Å². The van der Waals surface area contributed by atoms with Crippen molar-refractivity contribution in [2.75, 3.05) is 7.11 Å². The van der Waals surface area contributed by atoms with E-state index in [9.17, 15) is 4.79 Å². The number of nitrogens with one attached hydrogen (secondary N) is 1. The zero-order valence-corrected chi connectivity index (χ0v) is 16.7. The standard InChI is InChI=1S/C23H27N3O2/c1-4-17-5-7-18(8-6-17)9-14-21(27)25-22(23-24-15-16-26(23)2)19-10-12-20(28-3)13-11-19/h5-8,10-13,15-16,22H,4,9,14H2,1-3H3,(H,25,27). The molecule has 1 unspecified atom stereocenters. The van der Waals surface area contributed by atoms with Gasteiger partial charge in [-0.2, -0.15) is 0 Å². The summed E-state index contributed by atoms with van der Waals surface area (Å²) < 4.78 is 7.17. The Labute approximate surface area is 166 Å². The van der Waals surface area contributed by atoms with Crippen molar-refractivity contribution in [2.24, 2.45) is 7.05 Å². The number of hydrogen-bond acceptors (Lipinski definition) is 3. The molecule has 28 heavy (non-hydrogen) atoms. The highest BCUT2D eigenvalue weighted by Crippen LogP contribution is 2.23. The predicted octanol–water partition coefficient (Wildman–Crippen LogP) is 3.83. The van der Waals surface area contributed by atoms with Crippen LogP contribution in [0, 0.1) is 0 Å². The van der Waals surface area contributed by atoms with Crippen LogP contribution >= 0.6 is 0 Å². The van der Waals surface area contributed by atoms with Gasteiger partial charge in [0.2, 0.25) is 5.91 Å². The van der Waals surface area contributed by atoms with Crippen LogP contribution in [0.15, 0.2) is 60.9 Å². The fourth-order valence-electron chi connectivity index (χ4n) is 3.18. The molecule has 0 radical (unpaired) electrons. The van der Waals surface area contributed by atoms with E-state index in [4.69, 9.17) is 4.74 Å². The molecule has 1 aromatic heterocycles. The first kappa shape index (κ1) is 19.7. The van der Waals surface area contributed by atoms with Crippen molar-refractivity contribution in [1.29, 1.82) is 0 Å². The van der Waals surface area contributed by atoms with Crippen molar-refractivity contribution in [3.63, 3.8) is 0 Å². The van der Waals surface area contributed by atoms with Crippen molar-refractivity contribution in [3.8, 4) is 5.75 Å². The molecule has 1 atom stereocenters. The zero-order chi connectivity index (χ0) is 19.9. The number of benzene rings is 2. The Kier molecular flexibility index (Phi) is 6.48. The third kappa shape index (κ3) is 4.80. The minimum atomic E-state index is -0.305. The molecule has 0 bridgehead atoms. The number of methoxy groups -OCH3 is 1. The fraction of sp³-hybridized carbons (Fsp3) is 0.304. The molecule has 2 aromatic carbocycles. The third-order valence-electron chi connectivity index (χ3n) is 4.94. The smallest absolute Gasteiger partial charge is 0.221 e. The number of rotatable bonds is 8. The number of nitrogens with zero attached hydrogens (tertiary/aromatic N) is 2. The average Bonchev–Trinajstić information content (AvgIpc) is 3.16. The molecular weight excluding hydrogens is 350 g/mol. The molecule has 0 aliphatic carbocycles. The van der Waals surface area contributed by atoms with Crippen LogP contribution in [0.1, 0.15) is 41.9 Å². The number of aryl methyl sites for hydroxylation is 3. The minimum absolute atomic E-state index is 0.00314. The number of carbonyl (C=O) groups excluding carboxylic acids is 1. The molecule has 0 aliphatic heterocycles. The Hall–Kier alpha value is -3.08. The lowest BCUT2D eigenvalue weighted by Gasteiger charge is -2.19. The lowest BCUT2D eigenvalue weighted by atomic mass is 10.0. The Morgan fingerprint density at radius 1 is 1.11 bits per heavy atom. The topological polar surface area (TPSA) is 56.1 Å². The van der Waals surface area contributed by atoms with Crippen LogP contribution in [0.5, 0.6) is 5.75 Å². The van der Waals surface area contributed by atoms with Gasteiger partial charge in [0, 0.05) is 25.9 Å². The van der Waals surface area contributed by atoms with E-state index >= 15 is 0 Å². The van der Waals surface area contributed by atoms with E-state index in [2.05, 4.69) is 41.5 Å². The molecule has 3 rings (SSSR count). The van der Waals surface area contributed by atoms with Crippen molar-refractivity contribution < 1.29 is 9.53 Å². The van der Waals surface area contributed by atoms with Gasteiger partial charge in [-0.1, -0.05) is 43.3 Å². The van der Waals surface area contributed by atoms with Gasteiger partial charge < -0.3 is 14.6 Å². The quantitative estimate of drug-likeness (QED) is 0.649. The second kappa shape index (κ2) is 9.22. The lowest BCUT2D eigenvalue weighted by Crippen LogP contribution is -2.31. The Morgan fingerprint density at radius 3 is 2.36 bits per heavy atom. The van der Waals surface area contributed by atoms with Crippen molar-refractivity contribution in [1.82, 2.24) is 14.9 Å². The lowest BCUT2D eigenvalue weighted by molar-refractivity contribution is -0.121. The summed E-state index contributed by atoms with van der Waals surface area (Å²) in [5.74, 6) is 1.58. The van der Waals surface area contributed by atoms with E-state index in [0.29, 0.717) is 12.8 Å². The molecule has 0 spiro atoms. The highest BCUT2D eigenvalue weighted by atomic mass is 16.5. The van der Waals surface area contributed by atoms with E-state index in [1.54, 1.807) is 13.3 Å². The van der Waals surface area contributed by atoms with E-state index < -0.39 is 0 Å². The maximum Gasteiger partial charge on any atom is 0.221 e. The Bertz CT molecular complexity index is 898. The van der Waals surface area contributed by atoms with Crippen LogP contribution in [-0.4, -0.2) is 22.6 Å². The summed E-state index contributed by atoms with van der Waals surface area (Å²) in [6.45, 7) is 2.14. The number of hydrogen-bond donors (Lipinski definition) is 1. The molecule has 3 aromatic rings. The van der Waals surface area contributed by atoms with Crippen molar-refractivity contribution in [3.05, 3.63) is 83.4 Å². The van der Waals surface area contributed by atoms with Gasteiger partial charge in [0.15, 0.2) is 0 Å². The summed E-state index contributed by atoms with van der Waals surface area (Å²) in [5, 5.41) is 3.14. The molecule has 0 saturated carbocycles. The van der Waals surface area contributed by atoms with Gasteiger partial charge >= 0.3 is 0 Å². The fourth-order valence-corrected chi connectivity index (χ4v) is 3.18. The zero-order valence-electron chi connectivity index (χ0n) is 16.7. The van der Waals surface area contributed by atoms with Gasteiger partial charge in [0.25, 0.3) is 0 Å². The van der Waals surface area contributed by atoms with Gasteiger partial charge in [-0.25, -0.2) is 4.98 Å². The maximum absolute atomic E-state index is 12.7. The maximum atomic E-state index is 12.7. The highest BCUT2D eigenvalue weighted by molar-refractivity contribution is 5.77. The average molecular weight is 377 g/mol. The highest BCUT2D eigenvalue weighted by Gasteiger charge is 2.20. The van der Waals surface area contributed by atoms with E-state index in [1.807, 2.05) is 42.1 Å². The van der Waals surface area contributed by atoms with Crippen LogP contribution in [0.25, 0.3) is 0 Å². The molecule has 1 amide bonds. The monoisotopic (exact) mass is 377 g/mol. The second-order valence-corrected chi connectivity index (χ2v) is 6.84. The molecule has 5 nitrogen and oxygen atoms in total. The van der Waals surface area contributed by atoms with Gasteiger partial charge in [-0.05, 0) is 41.7 Å². The van der Waals surface area contributed by atoms with E-state index in [1.165, 1.54) is 11.1 Å². The molecule has 146 valence electrons. The summed E-state index contributed by atoms with van der Waals surface area (Å²) >= 11 is 0. The normalized spacial score (nSPS) is 11.8. The molecular formula is C23H27N3O2. The molecule has 1 N–H and O–H groups in total. The first-order valence-corrected chi connectivity index (χ1v) is 9.59. The molecule has 0 fully saturated rings. The number of carbonyl (C=O) groups is 1. The van der Waals surface area contributed by atoms with Gasteiger partial charge in [-0.3, -0.25) is 4.79 Å². The SMILES string of the molecule is CCc1ccc(CCC(=O)NC(c2ccc(OC)cc2)c2nccn2C)cc1. The van der Waals surface area contributed by atoms with Gasteiger partial charge in [0.05, 0.1) is 7.11 Å². The van der Waals surface area contributed by atoms with E-state index in [-0.39, 0.29) is 11.9 Å².